The van der Waals surface area contributed by atoms with Gasteiger partial charge >= 0.3 is 5.97 Å². The molecule has 1 N–H and O–H groups in total. The Hall–Kier alpha value is -3.54. The molecule has 3 aliphatic heterocycles. The number of nitrogens with one attached hydrogen (secondary N) is 1. The molecule has 0 atom stereocenters. The number of thioether (sulfide) groups is 2. The van der Waals surface area contributed by atoms with Crippen molar-refractivity contribution in [3.63, 3.8) is 0 Å². The summed E-state index contributed by atoms with van der Waals surface area (Å²) in [7, 11) is 5.39. The van der Waals surface area contributed by atoms with Gasteiger partial charge in [-0.1, -0.05) is 17.7 Å². The number of carbonyl (C=O) groups excluding carboxylic acids is 1. The number of benzene rings is 2. The van der Waals surface area contributed by atoms with Crippen molar-refractivity contribution in [1.82, 2.24) is 19.4 Å². The first-order valence-electron chi connectivity index (χ1n) is 16.6. The van der Waals surface area contributed by atoms with Gasteiger partial charge in [0.05, 0.1) is 30.6 Å². The minimum Gasteiger partial charge on any atom is -0.491 e. The molecule has 3 aliphatic rings. The summed E-state index contributed by atoms with van der Waals surface area (Å²) in [4.78, 5) is 14.4. The van der Waals surface area contributed by atoms with E-state index in [9.17, 15) is 4.79 Å². The molecule has 2 aromatic carbocycles. The second-order valence-electron chi connectivity index (χ2n) is 12.4. The molecule has 1 saturated heterocycles. The van der Waals surface area contributed by atoms with Crippen LogP contribution < -0.4 is 10.1 Å². The zero-order chi connectivity index (χ0) is 33.2. The van der Waals surface area contributed by atoms with E-state index in [0.29, 0.717) is 23.7 Å². The molecule has 252 valence electrons. The summed E-state index contributed by atoms with van der Waals surface area (Å²) in [6.07, 6.45) is 9.58. The third-order valence-corrected chi connectivity index (χ3v) is 11.5. The normalized spacial score (nSPS) is 19.0. The Morgan fingerprint density at radius 1 is 1.08 bits per heavy atom. The van der Waals surface area contributed by atoms with E-state index in [1.165, 1.54) is 23.3 Å². The van der Waals surface area contributed by atoms with E-state index in [0.717, 1.165) is 107 Å². The van der Waals surface area contributed by atoms with Crippen molar-refractivity contribution < 1.29 is 14.3 Å². The van der Waals surface area contributed by atoms with E-state index >= 15 is 0 Å². The van der Waals surface area contributed by atoms with Crippen molar-refractivity contribution in [1.29, 1.82) is 0 Å². The molecule has 8 bridgehead atoms. The Bertz CT molecular complexity index is 1920. The highest BCUT2D eigenvalue weighted by Crippen LogP contribution is 2.39. The second-order valence-corrected chi connectivity index (χ2v) is 14.9. The standard InChI is InChI=1S/C36H41ClN6O3S2/c1-41-34-29-10-11-31(37)30(34)19-25-8-5-14-43(25)39-13-16-47-21-24-18-26(42(2)40-24)22-48-27-17-23-7-4-12-38-33(23)32(20-27)46-15-6-9-28(29)35(41)36(44)45-3/h10-11,13,17-20,38H,4-9,12,14-16,21-22H2,1-3H3/b25-19+,39-13+. The lowest BCUT2D eigenvalue weighted by atomic mass is 10.0. The third-order valence-electron chi connectivity index (χ3n) is 9.26. The summed E-state index contributed by atoms with van der Waals surface area (Å²) in [5.74, 6) is 2.97. The van der Waals surface area contributed by atoms with Crippen molar-refractivity contribution >= 4 is 70.0 Å². The fourth-order valence-electron chi connectivity index (χ4n) is 6.95. The Morgan fingerprint density at radius 3 is 2.85 bits per heavy atom. The Kier molecular flexibility index (Phi) is 9.98. The number of esters is 1. The number of aromatic nitrogens is 3. The van der Waals surface area contributed by atoms with E-state index in [1.807, 2.05) is 53.5 Å². The molecule has 7 rings (SSSR count). The lowest BCUT2D eigenvalue weighted by molar-refractivity contribution is 0.0589. The minimum atomic E-state index is -0.357. The number of ether oxygens (including phenoxy) is 2. The molecule has 1 fully saturated rings. The maximum Gasteiger partial charge on any atom is 0.354 e. The van der Waals surface area contributed by atoms with Gasteiger partial charge in [0.2, 0.25) is 0 Å². The topological polar surface area (TPSA) is 85.9 Å². The first-order chi connectivity index (χ1) is 23.4. The molecule has 2 aromatic heterocycles. The number of methoxy groups -OCH3 is 1. The summed E-state index contributed by atoms with van der Waals surface area (Å²) in [6, 6.07) is 10.6. The first kappa shape index (κ1) is 33.0. The third kappa shape index (κ3) is 6.69. The highest BCUT2D eigenvalue weighted by molar-refractivity contribution is 7.99. The van der Waals surface area contributed by atoms with Crippen LogP contribution >= 0.6 is 35.1 Å². The predicted octanol–water partition coefficient (Wildman–Crippen LogP) is 7.68. The van der Waals surface area contributed by atoms with E-state index < -0.39 is 0 Å². The van der Waals surface area contributed by atoms with Gasteiger partial charge < -0.3 is 19.4 Å². The Balaban J connectivity index is 1.26. The van der Waals surface area contributed by atoms with Crippen molar-refractivity contribution in [3.8, 4) is 5.75 Å². The molecule has 0 radical (unpaired) electrons. The van der Waals surface area contributed by atoms with Gasteiger partial charge in [0, 0.05) is 82.9 Å². The molecule has 0 spiro atoms. The van der Waals surface area contributed by atoms with Gasteiger partial charge in [-0.25, -0.2) is 4.79 Å². The van der Waals surface area contributed by atoms with E-state index in [2.05, 4.69) is 34.6 Å². The number of allylic oxidation sites excluding steroid dienone is 1. The van der Waals surface area contributed by atoms with E-state index in [1.54, 1.807) is 11.8 Å². The Labute approximate surface area is 295 Å². The van der Waals surface area contributed by atoms with Crippen LogP contribution in [0.3, 0.4) is 0 Å². The van der Waals surface area contributed by atoms with Gasteiger partial charge in [-0.05, 0) is 80.0 Å². The van der Waals surface area contributed by atoms with Crippen LogP contribution in [-0.4, -0.2) is 64.1 Å². The number of hydrogen-bond donors (Lipinski definition) is 1. The van der Waals surface area contributed by atoms with E-state index in [-0.39, 0.29) is 5.97 Å². The molecule has 4 aromatic rings. The number of hydrazone groups is 1. The molecular formula is C36H41ClN6O3S2. The number of fused-ring (bicyclic) bond motifs is 7. The summed E-state index contributed by atoms with van der Waals surface area (Å²) in [5.41, 5.74) is 9.10. The average Bonchev–Trinajstić information content (AvgIpc) is 3.77. The number of nitrogens with zero attached hydrogens (tertiary/aromatic N) is 5. The average molecular weight is 705 g/mol. The predicted molar refractivity (Wildman–Crippen MR) is 198 cm³/mol. The maximum absolute atomic E-state index is 13.2. The molecule has 5 heterocycles. The minimum absolute atomic E-state index is 0.357. The van der Waals surface area contributed by atoms with Crippen molar-refractivity contribution in [3.05, 3.63) is 74.8 Å². The van der Waals surface area contributed by atoms with Crippen LogP contribution in [0.25, 0.3) is 17.0 Å². The molecule has 0 amide bonds. The number of rotatable bonds is 1. The van der Waals surface area contributed by atoms with Gasteiger partial charge in [0.15, 0.2) is 0 Å². The lowest BCUT2D eigenvalue weighted by Crippen LogP contribution is -2.14. The van der Waals surface area contributed by atoms with Crippen LogP contribution in [0.1, 0.15) is 64.2 Å². The first-order valence-corrected chi connectivity index (χ1v) is 19.1. The van der Waals surface area contributed by atoms with Gasteiger partial charge in [0.25, 0.3) is 0 Å². The zero-order valence-corrected chi connectivity index (χ0v) is 30.1. The van der Waals surface area contributed by atoms with Crippen molar-refractivity contribution in [2.75, 3.05) is 37.9 Å². The quantitative estimate of drug-likeness (QED) is 0.202. The van der Waals surface area contributed by atoms with Crippen LogP contribution in [0.4, 0.5) is 5.69 Å². The van der Waals surface area contributed by atoms with Gasteiger partial charge in [-0.15, -0.1) is 23.5 Å². The SMILES string of the molecule is COC(=O)c1c2c3ccc(Cl)c(c3n1C)/C=C1\CCCN1/N=C/CSCc1cc(n(C)n1)CSc1cc3c(c(c1)OCCC2)NCCC3. The van der Waals surface area contributed by atoms with Crippen LogP contribution in [-0.2, 0) is 43.2 Å². The summed E-state index contributed by atoms with van der Waals surface area (Å²) in [6.45, 7) is 2.31. The van der Waals surface area contributed by atoms with Crippen molar-refractivity contribution in [2.24, 2.45) is 19.2 Å². The van der Waals surface area contributed by atoms with Crippen LogP contribution in [0.2, 0.25) is 5.02 Å². The fraction of sp³-hybridized carbons (Fsp3) is 0.417. The number of anilines is 1. The Morgan fingerprint density at radius 2 is 1.98 bits per heavy atom. The van der Waals surface area contributed by atoms with Gasteiger partial charge in [0.1, 0.15) is 11.4 Å². The zero-order valence-electron chi connectivity index (χ0n) is 27.7. The number of carbonyl (C=O) groups is 1. The van der Waals surface area contributed by atoms with Gasteiger partial charge in [-0.3, -0.25) is 9.69 Å². The summed E-state index contributed by atoms with van der Waals surface area (Å²) < 4.78 is 15.8. The number of halogens is 1. The summed E-state index contributed by atoms with van der Waals surface area (Å²) >= 11 is 10.5. The summed E-state index contributed by atoms with van der Waals surface area (Å²) in [5, 5.41) is 16.9. The van der Waals surface area contributed by atoms with Gasteiger partial charge in [-0.2, -0.15) is 10.2 Å². The molecule has 0 aliphatic carbocycles. The number of aryl methyl sites for hydroxylation is 4. The van der Waals surface area contributed by atoms with Crippen LogP contribution in [0.15, 0.2) is 46.0 Å². The highest BCUT2D eigenvalue weighted by atomic mass is 35.5. The molecule has 0 unspecified atom stereocenters. The molecule has 0 saturated carbocycles. The largest absolute Gasteiger partial charge is 0.491 e. The molecule has 48 heavy (non-hydrogen) atoms. The number of hydrogen-bond acceptors (Lipinski definition) is 9. The molecular weight excluding hydrogens is 664 g/mol. The van der Waals surface area contributed by atoms with Crippen molar-refractivity contribution in [2.45, 2.75) is 54.9 Å². The highest BCUT2D eigenvalue weighted by Gasteiger charge is 2.25. The van der Waals surface area contributed by atoms with Crippen LogP contribution in [0.5, 0.6) is 5.75 Å². The lowest BCUT2D eigenvalue weighted by Gasteiger charge is -2.22. The van der Waals surface area contributed by atoms with Crippen LogP contribution in [0, 0.1) is 0 Å². The second kappa shape index (κ2) is 14.5. The monoisotopic (exact) mass is 704 g/mol. The molecule has 9 nitrogen and oxygen atoms in total. The molecule has 12 heteroatoms. The van der Waals surface area contributed by atoms with E-state index in [4.69, 9.17) is 31.3 Å². The smallest absolute Gasteiger partial charge is 0.354 e. The fourth-order valence-corrected chi connectivity index (χ4v) is 8.80. The maximum atomic E-state index is 13.2.